The molecule has 1 aromatic rings. The van der Waals surface area contributed by atoms with Crippen molar-refractivity contribution in [2.24, 2.45) is 0 Å². The molecular formula is C9H6BrF2I. The normalized spacial score (nSPS) is 24.5. The molecule has 70 valence electrons. The summed E-state index contributed by atoms with van der Waals surface area (Å²) in [5.74, 6) is -3.01. The SMILES string of the molecule is FC1(F)CC1c1ccc(Br)cc1I. The fraction of sp³-hybridized carbons (Fsp3) is 0.333. The van der Waals surface area contributed by atoms with E-state index in [1.807, 2.05) is 12.1 Å². The maximum atomic E-state index is 12.7. The summed E-state index contributed by atoms with van der Waals surface area (Å²) in [7, 11) is 0. The fourth-order valence-corrected chi connectivity index (χ4v) is 3.02. The van der Waals surface area contributed by atoms with Crippen LogP contribution in [0.4, 0.5) is 8.78 Å². The monoisotopic (exact) mass is 358 g/mol. The summed E-state index contributed by atoms with van der Waals surface area (Å²) in [6, 6.07) is 5.45. The second-order valence-electron chi connectivity index (χ2n) is 3.18. The Labute approximate surface area is 97.0 Å². The fourth-order valence-electron chi connectivity index (χ4n) is 1.33. The summed E-state index contributed by atoms with van der Waals surface area (Å²) < 4.78 is 27.3. The highest BCUT2D eigenvalue weighted by Crippen LogP contribution is 2.56. The van der Waals surface area contributed by atoms with Crippen molar-refractivity contribution in [3.05, 3.63) is 31.8 Å². The molecule has 1 atom stereocenters. The van der Waals surface area contributed by atoms with Crippen LogP contribution >= 0.6 is 38.5 Å². The summed E-state index contributed by atoms with van der Waals surface area (Å²) >= 11 is 5.40. The van der Waals surface area contributed by atoms with Crippen LogP contribution in [0.2, 0.25) is 0 Å². The van der Waals surface area contributed by atoms with Crippen molar-refractivity contribution in [1.82, 2.24) is 0 Å². The molecule has 0 spiro atoms. The predicted octanol–water partition coefficient (Wildman–Crippen LogP) is 4.18. The van der Waals surface area contributed by atoms with Gasteiger partial charge in [0.05, 0.1) is 5.92 Å². The van der Waals surface area contributed by atoms with Gasteiger partial charge in [-0.1, -0.05) is 22.0 Å². The highest BCUT2D eigenvalue weighted by molar-refractivity contribution is 14.1. The lowest BCUT2D eigenvalue weighted by atomic mass is 10.1. The molecule has 1 unspecified atom stereocenters. The lowest BCUT2D eigenvalue weighted by Crippen LogP contribution is -1.95. The molecule has 0 heterocycles. The molecule has 13 heavy (non-hydrogen) atoms. The van der Waals surface area contributed by atoms with Gasteiger partial charge in [0.1, 0.15) is 0 Å². The van der Waals surface area contributed by atoms with E-state index in [9.17, 15) is 8.78 Å². The Bertz CT molecular complexity index is 351. The molecule has 0 amide bonds. The molecule has 0 aliphatic heterocycles. The van der Waals surface area contributed by atoms with Gasteiger partial charge in [-0.2, -0.15) is 0 Å². The smallest absolute Gasteiger partial charge is 0.206 e. The van der Waals surface area contributed by atoms with Crippen molar-refractivity contribution < 1.29 is 8.78 Å². The maximum Gasteiger partial charge on any atom is 0.255 e. The van der Waals surface area contributed by atoms with Crippen molar-refractivity contribution >= 4 is 38.5 Å². The van der Waals surface area contributed by atoms with Gasteiger partial charge in [-0.15, -0.1) is 0 Å². The van der Waals surface area contributed by atoms with Crippen LogP contribution in [0.5, 0.6) is 0 Å². The van der Waals surface area contributed by atoms with Crippen LogP contribution in [0.15, 0.2) is 22.7 Å². The lowest BCUT2D eigenvalue weighted by Gasteiger charge is -2.03. The van der Waals surface area contributed by atoms with Gasteiger partial charge in [-0.3, -0.25) is 0 Å². The highest BCUT2D eigenvalue weighted by Gasteiger charge is 2.58. The van der Waals surface area contributed by atoms with E-state index >= 15 is 0 Å². The molecule has 1 fully saturated rings. The Morgan fingerprint density at radius 1 is 1.46 bits per heavy atom. The second kappa shape index (κ2) is 3.15. The van der Waals surface area contributed by atoms with Crippen LogP contribution in [-0.4, -0.2) is 5.92 Å². The number of hydrogen-bond donors (Lipinski definition) is 0. The van der Waals surface area contributed by atoms with Gasteiger partial charge in [-0.05, 0) is 40.3 Å². The van der Waals surface area contributed by atoms with Crippen LogP contribution in [0.1, 0.15) is 17.9 Å². The van der Waals surface area contributed by atoms with Gasteiger partial charge in [0.25, 0.3) is 5.92 Å². The molecular weight excluding hydrogens is 353 g/mol. The Kier molecular flexibility index (Phi) is 2.38. The van der Waals surface area contributed by atoms with Gasteiger partial charge in [0.15, 0.2) is 0 Å². The Balaban J connectivity index is 2.33. The van der Waals surface area contributed by atoms with E-state index < -0.39 is 11.8 Å². The van der Waals surface area contributed by atoms with Crippen LogP contribution in [0.25, 0.3) is 0 Å². The van der Waals surface area contributed by atoms with Crippen molar-refractivity contribution in [2.45, 2.75) is 18.3 Å². The van der Waals surface area contributed by atoms with Gasteiger partial charge in [0, 0.05) is 14.5 Å². The Hall–Kier alpha value is 0.290. The zero-order chi connectivity index (χ0) is 9.64. The van der Waals surface area contributed by atoms with Crippen LogP contribution in [0.3, 0.4) is 0 Å². The molecule has 1 saturated carbocycles. The average Bonchev–Trinajstić information content (AvgIpc) is 2.59. The minimum absolute atomic E-state index is 0.00460. The molecule has 0 radical (unpaired) electrons. The van der Waals surface area contributed by atoms with E-state index in [1.54, 1.807) is 6.07 Å². The summed E-state index contributed by atoms with van der Waals surface area (Å²) in [4.78, 5) is 0. The van der Waals surface area contributed by atoms with Crippen molar-refractivity contribution in [3.63, 3.8) is 0 Å². The third-order valence-corrected chi connectivity index (χ3v) is 3.59. The minimum atomic E-state index is -2.46. The number of alkyl halides is 2. The summed E-state index contributed by atoms with van der Waals surface area (Å²) in [5, 5.41) is 0. The van der Waals surface area contributed by atoms with E-state index in [4.69, 9.17) is 0 Å². The summed E-state index contributed by atoms with van der Waals surface area (Å²) in [5.41, 5.74) is 0.772. The summed E-state index contributed by atoms with van der Waals surface area (Å²) in [6.07, 6.45) is 0.00460. The molecule has 1 aliphatic carbocycles. The number of hydrogen-bond acceptors (Lipinski definition) is 0. The largest absolute Gasteiger partial charge is 0.255 e. The topological polar surface area (TPSA) is 0 Å². The Morgan fingerprint density at radius 3 is 2.54 bits per heavy atom. The molecule has 2 rings (SSSR count). The van der Waals surface area contributed by atoms with E-state index in [-0.39, 0.29) is 6.42 Å². The van der Waals surface area contributed by atoms with Gasteiger partial charge in [-0.25, -0.2) is 8.78 Å². The number of halogens is 4. The number of benzene rings is 1. The van der Waals surface area contributed by atoms with Crippen molar-refractivity contribution in [3.8, 4) is 0 Å². The van der Waals surface area contributed by atoms with Crippen LogP contribution < -0.4 is 0 Å². The van der Waals surface area contributed by atoms with Crippen molar-refractivity contribution in [2.75, 3.05) is 0 Å². The highest BCUT2D eigenvalue weighted by atomic mass is 127. The first-order chi connectivity index (χ1) is 6.00. The van der Waals surface area contributed by atoms with Crippen molar-refractivity contribution in [1.29, 1.82) is 0 Å². The lowest BCUT2D eigenvalue weighted by molar-refractivity contribution is 0.112. The average molecular weight is 359 g/mol. The molecule has 0 saturated heterocycles. The first-order valence-electron chi connectivity index (χ1n) is 3.83. The molecule has 0 N–H and O–H groups in total. The molecule has 0 nitrogen and oxygen atoms in total. The Morgan fingerprint density at radius 2 is 2.08 bits per heavy atom. The second-order valence-corrected chi connectivity index (χ2v) is 5.26. The standard InChI is InChI=1S/C9H6BrF2I/c10-5-1-2-6(8(13)3-5)7-4-9(7,11)12/h1-3,7H,4H2. The molecule has 4 heteroatoms. The summed E-state index contributed by atoms with van der Waals surface area (Å²) in [6.45, 7) is 0. The predicted molar refractivity (Wildman–Crippen MR) is 59.2 cm³/mol. The van der Waals surface area contributed by atoms with Gasteiger partial charge >= 0.3 is 0 Å². The van der Waals surface area contributed by atoms with E-state index in [0.29, 0.717) is 0 Å². The van der Waals surface area contributed by atoms with Gasteiger partial charge < -0.3 is 0 Å². The van der Waals surface area contributed by atoms with Gasteiger partial charge in [0.2, 0.25) is 0 Å². The van der Waals surface area contributed by atoms with Crippen LogP contribution in [0, 0.1) is 3.57 Å². The molecule has 0 bridgehead atoms. The van der Waals surface area contributed by atoms with E-state index in [2.05, 4.69) is 38.5 Å². The third kappa shape index (κ3) is 1.88. The third-order valence-electron chi connectivity index (χ3n) is 2.16. The first-order valence-corrected chi connectivity index (χ1v) is 5.70. The van der Waals surface area contributed by atoms with Crippen LogP contribution in [-0.2, 0) is 0 Å². The van der Waals surface area contributed by atoms with E-state index in [1.165, 1.54) is 0 Å². The zero-order valence-electron chi connectivity index (χ0n) is 6.53. The molecule has 0 aromatic heterocycles. The quantitative estimate of drug-likeness (QED) is 0.661. The minimum Gasteiger partial charge on any atom is -0.206 e. The molecule has 1 aliphatic rings. The van der Waals surface area contributed by atoms with E-state index in [0.717, 1.165) is 13.6 Å². The number of rotatable bonds is 1. The first kappa shape index (κ1) is 9.83. The molecule has 1 aromatic carbocycles. The zero-order valence-corrected chi connectivity index (χ0v) is 10.3. The maximum absolute atomic E-state index is 12.7.